The molecule has 0 fully saturated rings. The van der Waals surface area contributed by atoms with Crippen molar-refractivity contribution >= 4 is 12.0 Å². The lowest BCUT2D eigenvalue weighted by Crippen LogP contribution is -2.44. The van der Waals surface area contributed by atoms with E-state index in [9.17, 15) is 4.79 Å². The van der Waals surface area contributed by atoms with Crippen molar-refractivity contribution in [2.45, 2.75) is 26.2 Å². The van der Waals surface area contributed by atoms with E-state index in [0.29, 0.717) is 0 Å². The zero-order chi connectivity index (χ0) is 11.5. The van der Waals surface area contributed by atoms with E-state index in [2.05, 4.69) is 10.2 Å². The number of hydrogen-bond acceptors (Lipinski definition) is 4. The molecular weight excluding hydrogens is 204 g/mol. The molecule has 0 bridgehead atoms. The Balaban J connectivity index is 2.30. The maximum Gasteiger partial charge on any atom is 0.157 e. The summed E-state index contributed by atoms with van der Waals surface area (Å²) in [6.45, 7) is 3.66. The van der Waals surface area contributed by atoms with Gasteiger partial charge in [0.2, 0.25) is 0 Å². The van der Waals surface area contributed by atoms with Crippen molar-refractivity contribution in [1.82, 2.24) is 4.90 Å². The molecule has 0 amide bonds. The van der Waals surface area contributed by atoms with E-state index < -0.39 is 0 Å². The molecule has 86 valence electrons. The van der Waals surface area contributed by atoms with Crippen LogP contribution in [0.3, 0.4) is 0 Å². The smallest absolute Gasteiger partial charge is 0.157 e. The maximum atomic E-state index is 10.9. The summed E-state index contributed by atoms with van der Waals surface area (Å²) in [6, 6.07) is 5.81. The van der Waals surface area contributed by atoms with Gasteiger partial charge in [0, 0.05) is 12.2 Å². The van der Waals surface area contributed by atoms with Gasteiger partial charge in [-0.1, -0.05) is 19.1 Å². The normalized spacial score (nSPS) is 20.0. The average molecular weight is 220 g/mol. The van der Waals surface area contributed by atoms with Crippen LogP contribution < -0.4 is 5.32 Å². The van der Waals surface area contributed by atoms with Gasteiger partial charge in [0.1, 0.15) is 6.17 Å². The zero-order valence-corrected chi connectivity index (χ0v) is 9.31. The van der Waals surface area contributed by atoms with E-state index >= 15 is 0 Å². The lowest BCUT2D eigenvalue weighted by Gasteiger charge is -2.34. The number of nitrogens with zero attached hydrogens (tertiary/aromatic N) is 1. The SMILES string of the molecule is CCN1Cc2ccc(CO)cc2NC1C=O. The number of benzene rings is 1. The number of fused-ring (bicyclic) bond motifs is 1. The van der Waals surface area contributed by atoms with Crippen LogP contribution in [0.5, 0.6) is 0 Å². The predicted octanol–water partition coefficient (Wildman–Crippen LogP) is 0.951. The molecule has 16 heavy (non-hydrogen) atoms. The molecule has 0 aliphatic carbocycles. The minimum absolute atomic E-state index is 0.0260. The number of aliphatic hydroxyl groups excluding tert-OH is 1. The highest BCUT2D eigenvalue weighted by molar-refractivity contribution is 5.67. The molecule has 1 heterocycles. The summed E-state index contributed by atoms with van der Waals surface area (Å²) in [7, 11) is 0. The third-order valence-electron chi connectivity index (χ3n) is 2.96. The highest BCUT2D eigenvalue weighted by atomic mass is 16.3. The molecule has 0 saturated heterocycles. The topological polar surface area (TPSA) is 52.6 Å². The lowest BCUT2D eigenvalue weighted by atomic mass is 10.1. The van der Waals surface area contributed by atoms with Crippen LogP contribution >= 0.6 is 0 Å². The molecule has 1 aliphatic heterocycles. The molecule has 4 heteroatoms. The van der Waals surface area contributed by atoms with Gasteiger partial charge in [0.25, 0.3) is 0 Å². The quantitative estimate of drug-likeness (QED) is 0.745. The number of aliphatic hydroxyl groups is 1. The van der Waals surface area contributed by atoms with Gasteiger partial charge in [-0.3, -0.25) is 9.69 Å². The molecule has 0 aromatic heterocycles. The number of rotatable bonds is 3. The molecule has 1 unspecified atom stereocenters. The monoisotopic (exact) mass is 220 g/mol. The van der Waals surface area contributed by atoms with Gasteiger partial charge >= 0.3 is 0 Å². The Morgan fingerprint density at radius 3 is 3.06 bits per heavy atom. The van der Waals surface area contributed by atoms with Crippen molar-refractivity contribution in [2.75, 3.05) is 11.9 Å². The van der Waals surface area contributed by atoms with E-state index in [4.69, 9.17) is 5.11 Å². The maximum absolute atomic E-state index is 10.9. The molecule has 2 N–H and O–H groups in total. The first-order chi connectivity index (χ1) is 7.78. The van der Waals surface area contributed by atoms with Crippen molar-refractivity contribution in [3.63, 3.8) is 0 Å². The van der Waals surface area contributed by atoms with Crippen molar-refractivity contribution in [1.29, 1.82) is 0 Å². The first-order valence-electron chi connectivity index (χ1n) is 5.47. The van der Waals surface area contributed by atoms with E-state index in [1.54, 1.807) is 0 Å². The Morgan fingerprint density at radius 2 is 2.44 bits per heavy atom. The highest BCUT2D eigenvalue weighted by Gasteiger charge is 2.23. The predicted molar refractivity (Wildman–Crippen MR) is 61.9 cm³/mol. The van der Waals surface area contributed by atoms with Crippen molar-refractivity contribution in [3.8, 4) is 0 Å². The second-order valence-electron chi connectivity index (χ2n) is 3.94. The van der Waals surface area contributed by atoms with Crippen LogP contribution in [0.2, 0.25) is 0 Å². The molecule has 1 atom stereocenters. The number of hydrogen-bond donors (Lipinski definition) is 2. The molecule has 0 spiro atoms. The lowest BCUT2D eigenvalue weighted by molar-refractivity contribution is -0.111. The fraction of sp³-hybridized carbons (Fsp3) is 0.417. The average Bonchev–Trinajstić information content (AvgIpc) is 2.36. The summed E-state index contributed by atoms with van der Waals surface area (Å²) in [4.78, 5) is 13.0. The first kappa shape index (κ1) is 11.1. The second-order valence-corrected chi connectivity index (χ2v) is 3.94. The Hall–Kier alpha value is -1.39. The summed E-state index contributed by atoms with van der Waals surface area (Å²) in [5.74, 6) is 0. The number of carbonyl (C=O) groups is 1. The van der Waals surface area contributed by atoms with Gasteiger partial charge in [0.05, 0.1) is 6.61 Å². The van der Waals surface area contributed by atoms with Crippen LogP contribution in [0.4, 0.5) is 5.69 Å². The Morgan fingerprint density at radius 1 is 1.62 bits per heavy atom. The van der Waals surface area contributed by atoms with Crippen molar-refractivity contribution < 1.29 is 9.90 Å². The minimum Gasteiger partial charge on any atom is -0.392 e. The molecule has 1 aromatic rings. The summed E-state index contributed by atoms with van der Waals surface area (Å²) in [5.41, 5.74) is 2.98. The number of aldehydes is 1. The van der Waals surface area contributed by atoms with Crippen LogP contribution in [0.25, 0.3) is 0 Å². The van der Waals surface area contributed by atoms with Gasteiger partial charge in [-0.05, 0) is 23.7 Å². The van der Waals surface area contributed by atoms with Crippen LogP contribution in [0.1, 0.15) is 18.1 Å². The van der Waals surface area contributed by atoms with E-state index in [0.717, 1.165) is 36.2 Å². The highest BCUT2D eigenvalue weighted by Crippen LogP contribution is 2.25. The molecule has 0 radical (unpaired) electrons. The largest absolute Gasteiger partial charge is 0.392 e. The van der Waals surface area contributed by atoms with Crippen LogP contribution in [0, 0.1) is 0 Å². The number of anilines is 1. The van der Waals surface area contributed by atoms with Crippen LogP contribution in [-0.2, 0) is 17.9 Å². The fourth-order valence-corrected chi connectivity index (χ4v) is 1.99. The number of nitrogens with one attached hydrogen (secondary N) is 1. The fourth-order valence-electron chi connectivity index (χ4n) is 1.99. The van der Waals surface area contributed by atoms with Gasteiger partial charge in [-0.2, -0.15) is 0 Å². The molecule has 1 aliphatic rings. The van der Waals surface area contributed by atoms with Gasteiger partial charge in [-0.25, -0.2) is 0 Å². The van der Waals surface area contributed by atoms with Crippen LogP contribution in [-0.4, -0.2) is 29.0 Å². The number of carbonyl (C=O) groups excluding carboxylic acids is 1. The molecular formula is C12H16N2O2. The first-order valence-corrected chi connectivity index (χ1v) is 5.47. The van der Waals surface area contributed by atoms with Gasteiger partial charge in [0.15, 0.2) is 6.29 Å². The standard InChI is InChI=1S/C12H16N2O2/c1-2-14-6-10-4-3-9(7-15)5-11(10)13-12(14)8-16/h3-5,8,12-13,15H,2,6-7H2,1H3. The molecule has 1 aromatic carbocycles. The number of likely N-dealkylation sites (N-methyl/N-ethyl adjacent to an activating group) is 1. The Labute approximate surface area is 94.9 Å². The summed E-state index contributed by atoms with van der Waals surface area (Å²) >= 11 is 0. The van der Waals surface area contributed by atoms with E-state index in [1.807, 2.05) is 25.1 Å². The third-order valence-corrected chi connectivity index (χ3v) is 2.96. The minimum atomic E-state index is -0.258. The van der Waals surface area contributed by atoms with Gasteiger partial charge < -0.3 is 10.4 Å². The molecule has 2 rings (SSSR count). The van der Waals surface area contributed by atoms with E-state index in [-0.39, 0.29) is 12.8 Å². The summed E-state index contributed by atoms with van der Waals surface area (Å²) in [5, 5.41) is 12.2. The second kappa shape index (κ2) is 4.63. The molecule has 4 nitrogen and oxygen atoms in total. The summed E-state index contributed by atoms with van der Waals surface area (Å²) in [6.07, 6.45) is 0.657. The Bertz CT molecular complexity index is 393. The summed E-state index contributed by atoms with van der Waals surface area (Å²) < 4.78 is 0. The Kier molecular flexibility index (Phi) is 3.22. The van der Waals surface area contributed by atoms with Crippen LogP contribution in [0.15, 0.2) is 18.2 Å². The zero-order valence-electron chi connectivity index (χ0n) is 9.31. The van der Waals surface area contributed by atoms with E-state index in [1.165, 1.54) is 0 Å². The van der Waals surface area contributed by atoms with Crippen molar-refractivity contribution in [2.24, 2.45) is 0 Å². The van der Waals surface area contributed by atoms with Gasteiger partial charge in [-0.15, -0.1) is 0 Å². The van der Waals surface area contributed by atoms with Crippen molar-refractivity contribution in [3.05, 3.63) is 29.3 Å². The molecule has 0 saturated carbocycles. The third kappa shape index (κ3) is 1.94.